The molecule has 34 heavy (non-hydrogen) atoms. The van der Waals surface area contributed by atoms with Crippen LogP contribution in [0.5, 0.6) is 5.75 Å². The fraction of sp³-hybridized carbons (Fsp3) is 0.318. The normalized spacial score (nSPS) is 12.4. The molecule has 0 fully saturated rings. The Hall–Kier alpha value is -3.70. The van der Waals surface area contributed by atoms with Crippen LogP contribution in [-0.2, 0) is 11.2 Å². The van der Waals surface area contributed by atoms with E-state index in [1.807, 2.05) is 0 Å². The minimum Gasteiger partial charge on any atom is -0.496 e. The van der Waals surface area contributed by atoms with Crippen LogP contribution in [0.15, 0.2) is 36.4 Å². The van der Waals surface area contributed by atoms with Gasteiger partial charge in [0.15, 0.2) is 0 Å². The molecule has 2 aromatic carbocycles. The molecule has 182 valence electrons. The number of carbonyl (C=O) groups excluding carboxylic acids is 2. The number of hydrogen-bond acceptors (Lipinski definition) is 7. The number of urea groups is 1. The summed E-state index contributed by atoms with van der Waals surface area (Å²) >= 11 is 6.03. The van der Waals surface area contributed by atoms with Gasteiger partial charge in [-0.15, -0.1) is 0 Å². The molecule has 12 heteroatoms. The average molecular weight is 493 g/mol. The topological polar surface area (TPSA) is 174 Å². The Balaban J connectivity index is 2.13. The van der Waals surface area contributed by atoms with Gasteiger partial charge in [-0.05, 0) is 48.2 Å². The Morgan fingerprint density at radius 1 is 1.24 bits per heavy atom. The fourth-order valence-corrected chi connectivity index (χ4v) is 3.58. The number of nitro groups is 1. The number of aromatic carboxylic acids is 1. The van der Waals surface area contributed by atoms with Crippen LogP contribution in [0.2, 0.25) is 5.02 Å². The van der Waals surface area contributed by atoms with Crippen molar-refractivity contribution < 1.29 is 29.2 Å². The van der Waals surface area contributed by atoms with Gasteiger partial charge in [-0.25, -0.2) is 9.59 Å². The van der Waals surface area contributed by atoms with Crippen LogP contribution in [0.3, 0.4) is 0 Å². The van der Waals surface area contributed by atoms with E-state index in [4.69, 9.17) is 27.2 Å². The summed E-state index contributed by atoms with van der Waals surface area (Å²) in [6.07, 6.45) is 0.505. The Kier molecular flexibility index (Phi) is 9.34. The van der Waals surface area contributed by atoms with Crippen molar-refractivity contribution in [2.75, 3.05) is 13.7 Å². The van der Waals surface area contributed by atoms with Crippen LogP contribution >= 0.6 is 11.6 Å². The number of halogens is 1. The number of imide groups is 1. The van der Waals surface area contributed by atoms with Gasteiger partial charge < -0.3 is 20.9 Å². The molecule has 0 saturated heterocycles. The van der Waals surface area contributed by atoms with Crippen molar-refractivity contribution in [1.29, 1.82) is 0 Å². The smallest absolute Gasteiger partial charge is 0.342 e. The molecule has 0 radical (unpaired) electrons. The predicted molar refractivity (Wildman–Crippen MR) is 124 cm³/mol. The number of nitrogens with two attached hydrogens (primary N) is 1. The van der Waals surface area contributed by atoms with Crippen molar-refractivity contribution in [3.8, 4) is 5.75 Å². The lowest BCUT2D eigenvalue weighted by Crippen LogP contribution is -2.45. The predicted octanol–water partition coefficient (Wildman–Crippen LogP) is 3.05. The van der Waals surface area contributed by atoms with E-state index in [1.54, 1.807) is 25.1 Å². The van der Waals surface area contributed by atoms with E-state index in [2.05, 4.69) is 10.6 Å². The number of hydrogen-bond donors (Lipinski definition) is 4. The maximum atomic E-state index is 12.7. The third-order valence-electron chi connectivity index (χ3n) is 5.17. The molecule has 2 atom stereocenters. The molecule has 0 unspecified atom stereocenters. The van der Waals surface area contributed by atoms with Crippen molar-refractivity contribution in [2.45, 2.75) is 25.8 Å². The lowest BCUT2D eigenvalue weighted by Gasteiger charge is -2.20. The summed E-state index contributed by atoms with van der Waals surface area (Å²) in [7, 11) is 1.48. The quantitative estimate of drug-likeness (QED) is 0.289. The number of carboxylic acid groups (broad SMARTS) is 1. The van der Waals surface area contributed by atoms with Gasteiger partial charge >= 0.3 is 12.0 Å². The first-order chi connectivity index (χ1) is 16.1. The molecule has 0 aliphatic rings. The monoisotopic (exact) mass is 492 g/mol. The fourth-order valence-electron chi connectivity index (χ4n) is 3.38. The van der Waals surface area contributed by atoms with Gasteiger partial charge in [-0.3, -0.25) is 20.2 Å². The number of amides is 3. The zero-order valence-electron chi connectivity index (χ0n) is 18.5. The van der Waals surface area contributed by atoms with Crippen molar-refractivity contribution in [1.82, 2.24) is 10.6 Å². The van der Waals surface area contributed by atoms with Crippen molar-refractivity contribution in [3.63, 3.8) is 0 Å². The number of nitrogens with one attached hydrogen (secondary N) is 2. The SMILES string of the molecule is CC[C@@H](NC(=O)NC(=O)[C@@H](CN)Cc1cc(Cl)ccc1OC)c1ccc(C(=O)O)c([N+](=O)[O-])c1. The molecule has 3 amide bonds. The molecule has 5 N–H and O–H groups in total. The van der Waals surface area contributed by atoms with Crippen LogP contribution in [0.4, 0.5) is 10.5 Å². The molecule has 0 spiro atoms. The maximum absolute atomic E-state index is 12.7. The van der Waals surface area contributed by atoms with Gasteiger partial charge in [-0.2, -0.15) is 0 Å². The standard InChI is InChI=1S/C22H25ClN4O7/c1-3-17(12-4-6-16(21(29)30)18(10-12)27(32)33)25-22(31)26-20(28)14(11-24)8-13-9-15(23)5-7-19(13)34-2/h4-7,9-10,14,17H,3,8,11,24H2,1-2H3,(H,29,30)(H2,25,26,28,31)/t14-,17-/m1/s1. The zero-order chi connectivity index (χ0) is 25.4. The highest BCUT2D eigenvalue weighted by Crippen LogP contribution is 2.27. The van der Waals surface area contributed by atoms with E-state index in [0.29, 0.717) is 28.3 Å². The van der Waals surface area contributed by atoms with E-state index in [1.165, 1.54) is 13.2 Å². The highest BCUT2D eigenvalue weighted by Gasteiger charge is 2.25. The maximum Gasteiger partial charge on any atom is 0.342 e. The second-order valence-electron chi connectivity index (χ2n) is 7.36. The summed E-state index contributed by atoms with van der Waals surface area (Å²) in [6, 6.07) is 7.00. The lowest BCUT2D eigenvalue weighted by atomic mass is 9.97. The molecule has 0 aliphatic heterocycles. The molecule has 11 nitrogen and oxygen atoms in total. The number of rotatable bonds is 10. The molecule has 0 aromatic heterocycles. The van der Waals surface area contributed by atoms with Crippen LogP contribution < -0.4 is 21.1 Å². The first-order valence-electron chi connectivity index (χ1n) is 10.3. The van der Waals surface area contributed by atoms with E-state index < -0.39 is 46.0 Å². The molecule has 2 rings (SSSR count). The Morgan fingerprint density at radius 2 is 1.94 bits per heavy atom. The first-order valence-corrected chi connectivity index (χ1v) is 10.6. The largest absolute Gasteiger partial charge is 0.496 e. The molecule has 2 aromatic rings. The van der Waals surface area contributed by atoms with Gasteiger partial charge in [-0.1, -0.05) is 24.6 Å². The molecular formula is C22H25ClN4O7. The van der Waals surface area contributed by atoms with E-state index >= 15 is 0 Å². The van der Waals surface area contributed by atoms with Crippen LogP contribution in [-0.4, -0.2) is 41.6 Å². The Bertz CT molecular complexity index is 1090. The van der Waals surface area contributed by atoms with Gasteiger partial charge in [0.25, 0.3) is 5.69 Å². The van der Waals surface area contributed by atoms with Gasteiger partial charge in [0.1, 0.15) is 11.3 Å². The van der Waals surface area contributed by atoms with E-state index in [9.17, 15) is 24.5 Å². The van der Waals surface area contributed by atoms with E-state index in [0.717, 1.165) is 12.1 Å². The summed E-state index contributed by atoms with van der Waals surface area (Å²) in [5, 5.41) is 25.6. The highest BCUT2D eigenvalue weighted by molar-refractivity contribution is 6.30. The average Bonchev–Trinajstić information content (AvgIpc) is 2.80. The zero-order valence-corrected chi connectivity index (χ0v) is 19.3. The number of nitro benzene ring substituents is 1. The van der Waals surface area contributed by atoms with Crippen LogP contribution in [0.1, 0.15) is 40.9 Å². The second kappa shape index (κ2) is 12.0. The Morgan fingerprint density at radius 3 is 2.50 bits per heavy atom. The molecule has 0 heterocycles. The van der Waals surface area contributed by atoms with Gasteiger partial charge in [0, 0.05) is 17.6 Å². The third-order valence-corrected chi connectivity index (χ3v) is 5.40. The van der Waals surface area contributed by atoms with Crippen LogP contribution in [0.25, 0.3) is 0 Å². The molecule has 0 bridgehead atoms. The summed E-state index contributed by atoms with van der Waals surface area (Å²) in [4.78, 5) is 46.8. The minimum absolute atomic E-state index is 0.0468. The number of carboxylic acids is 1. The summed E-state index contributed by atoms with van der Waals surface area (Å²) in [5.74, 6) is -2.29. The number of nitrogens with zero attached hydrogens (tertiary/aromatic N) is 1. The molecular weight excluding hydrogens is 468 g/mol. The van der Waals surface area contributed by atoms with Gasteiger partial charge in [0.05, 0.1) is 24.0 Å². The second-order valence-corrected chi connectivity index (χ2v) is 7.79. The summed E-state index contributed by atoms with van der Waals surface area (Å²) in [5.41, 5.74) is 5.66. The summed E-state index contributed by atoms with van der Waals surface area (Å²) in [6.45, 7) is 1.67. The minimum atomic E-state index is -1.44. The highest BCUT2D eigenvalue weighted by atomic mass is 35.5. The summed E-state index contributed by atoms with van der Waals surface area (Å²) < 4.78 is 5.28. The van der Waals surface area contributed by atoms with Crippen LogP contribution in [0, 0.1) is 16.0 Å². The third kappa shape index (κ3) is 6.65. The number of benzene rings is 2. The Labute approximate surface area is 200 Å². The molecule has 0 saturated carbocycles. The molecule has 0 aliphatic carbocycles. The van der Waals surface area contributed by atoms with Crippen molar-refractivity contribution >= 4 is 35.2 Å². The lowest BCUT2D eigenvalue weighted by molar-refractivity contribution is -0.385. The first kappa shape index (κ1) is 26.6. The number of carbonyl (C=O) groups is 3. The van der Waals surface area contributed by atoms with Crippen molar-refractivity contribution in [2.24, 2.45) is 11.7 Å². The van der Waals surface area contributed by atoms with Crippen molar-refractivity contribution in [3.05, 3.63) is 68.2 Å². The number of methoxy groups -OCH3 is 1. The van der Waals surface area contributed by atoms with E-state index in [-0.39, 0.29) is 13.0 Å². The number of ether oxygens (including phenoxy) is 1. The van der Waals surface area contributed by atoms with Gasteiger partial charge in [0.2, 0.25) is 5.91 Å².